The largest absolute Gasteiger partial charge is 0.394 e. The summed E-state index contributed by atoms with van der Waals surface area (Å²) in [7, 11) is 0. The van der Waals surface area contributed by atoms with Gasteiger partial charge in [-0.15, -0.1) is 0 Å². The third-order valence-corrected chi connectivity index (χ3v) is 7.31. The molecule has 1 aromatic carbocycles. The zero-order valence-electron chi connectivity index (χ0n) is 17.7. The molecule has 2 aromatic rings. The topological polar surface area (TPSA) is 73.7 Å². The highest BCUT2D eigenvalue weighted by Crippen LogP contribution is 2.43. The second-order valence-corrected chi connectivity index (χ2v) is 9.06. The molecule has 0 spiro atoms. The van der Waals surface area contributed by atoms with E-state index in [2.05, 4.69) is 29.2 Å². The van der Waals surface area contributed by atoms with E-state index in [0.717, 1.165) is 42.4 Å². The van der Waals surface area contributed by atoms with Gasteiger partial charge in [0.15, 0.2) is 0 Å². The standard InChI is InChI=1S/C25H29N3O3/c29-16-22-24(18-10-8-17(9-11-18)20-7-4-12-26-13-20)21-14-27(15-23(30)28(21)22)25(31)19-5-2-1-3-6-19/h4,7-13,19,21-22,24,29H,1-3,5-6,14-16H2/t21-,22+,24-/m0/s1. The van der Waals surface area contributed by atoms with Crippen LogP contribution in [0.1, 0.15) is 43.6 Å². The smallest absolute Gasteiger partial charge is 0.242 e. The monoisotopic (exact) mass is 419 g/mol. The van der Waals surface area contributed by atoms with E-state index in [-0.39, 0.29) is 48.9 Å². The van der Waals surface area contributed by atoms with E-state index in [1.54, 1.807) is 11.1 Å². The van der Waals surface area contributed by atoms with Gasteiger partial charge in [-0.2, -0.15) is 0 Å². The van der Waals surface area contributed by atoms with Crippen molar-refractivity contribution in [2.24, 2.45) is 5.92 Å². The number of carbonyl (C=O) groups is 2. The summed E-state index contributed by atoms with van der Waals surface area (Å²) in [5, 5.41) is 10.0. The first-order chi connectivity index (χ1) is 15.2. The number of benzene rings is 1. The second kappa shape index (κ2) is 8.42. The number of hydrogen-bond acceptors (Lipinski definition) is 4. The molecule has 3 heterocycles. The van der Waals surface area contributed by atoms with Crippen LogP contribution in [0.3, 0.4) is 0 Å². The Bertz CT molecular complexity index is 940. The van der Waals surface area contributed by atoms with Gasteiger partial charge in [0.1, 0.15) is 0 Å². The molecule has 3 aliphatic rings. The SMILES string of the molecule is O=C(C1CCCCC1)N1CC(=O)N2[C@H](CO)[C@@H](c3ccc(-c4cccnc4)cc3)[C@@H]2C1. The lowest BCUT2D eigenvalue weighted by Crippen LogP contribution is -2.73. The molecule has 3 atom stereocenters. The lowest BCUT2D eigenvalue weighted by atomic mass is 9.73. The van der Waals surface area contributed by atoms with Gasteiger partial charge in [-0.1, -0.05) is 49.6 Å². The van der Waals surface area contributed by atoms with E-state index in [4.69, 9.17) is 0 Å². The number of aliphatic hydroxyl groups is 1. The minimum absolute atomic E-state index is 0.0392. The maximum absolute atomic E-state index is 13.1. The predicted octanol–water partition coefficient (Wildman–Crippen LogP) is 2.83. The first-order valence-electron chi connectivity index (χ1n) is 11.4. The Kier molecular flexibility index (Phi) is 5.48. The Morgan fingerprint density at radius 3 is 2.52 bits per heavy atom. The van der Waals surface area contributed by atoms with E-state index < -0.39 is 0 Å². The molecule has 5 rings (SSSR count). The number of aromatic nitrogens is 1. The van der Waals surface area contributed by atoms with E-state index in [9.17, 15) is 14.7 Å². The van der Waals surface area contributed by atoms with Crippen molar-refractivity contribution < 1.29 is 14.7 Å². The molecule has 6 nitrogen and oxygen atoms in total. The molecular formula is C25H29N3O3. The number of carbonyl (C=O) groups excluding carboxylic acids is 2. The first kappa shape index (κ1) is 20.2. The Morgan fingerprint density at radius 1 is 1.06 bits per heavy atom. The van der Waals surface area contributed by atoms with Crippen molar-refractivity contribution in [1.29, 1.82) is 0 Å². The minimum atomic E-state index is -0.214. The number of pyridine rings is 1. The molecular weight excluding hydrogens is 390 g/mol. The molecule has 0 radical (unpaired) electrons. The molecule has 2 aliphatic heterocycles. The van der Waals surface area contributed by atoms with Gasteiger partial charge in [0.05, 0.1) is 25.2 Å². The van der Waals surface area contributed by atoms with Gasteiger partial charge < -0.3 is 14.9 Å². The molecule has 1 N–H and O–H groups in total. The third kappa shape index (κ3) is 3.63. The van der Waals surface area contributed by atoms with Gasteiger partial charge in [0, 0.05) is 30.8 Å². The van der Waals surface area contributed by atoms with Gasteiger partial charge in [-0.3, -0.25) is 14.6 Å². The number of piperazine rings is 1. The predicted molar refractivity (Wildman–Crippen MR) is 117 cm³/mol. The molecule has 1 aromatic heterocycles. The summed E-state index contributed by atoms with van der Waals surface area (Å²) in [6, 6.07) is 12.0. The summed E-state index contributed by atoms with van der Waals surface area (Å²) >= 11 is 0. The van der Waals surface area contributed by atoms with Gasteiger partial charge >= 0.3 is 0 Å². The highest BCUT2D eigenvalue weighted by molar-refractivity contribution is 5.88. The molecule has 0 bridgehead atoms. The lowest BCUT2D eigenvalue weighted by molar-refractivity contribution is -0.168. The number of rotatable bonds is 4. The van der Waals surface area contributed by atoms with Crippen LogP contribution in [0.4, 0.5) is 0 Å². The van der Waals surface area contributed by atoms with Crippen molar-refractivity contribution in [3.63, 3.8) is 0 Å². The van der Waals surface area contributed by atoms with Crippen molar-refractivity contribution in [2.45, 2.75) is 50.1 Å². The maximum atomic E-state index is 13.1. The lowest BCUT2D eigenvalue weighted by Gasteiger charge is -2.59. The van der Waals surface area contributed by atoms with Crippen molar-refractivity contribution in [2.75, 3.05) is 19.7 Å². The zero-order valence-corrected chi connectivity index (χ0v) is 17.7. The third-order valence-electron chi connectivity index (χ3n) is 7.31. The molecule has 6 heteroatoms. The average Bonchev–Trinajstić information content (AvgIpc) is 2.81. The van der Waals surface area contributed by atoms with Crippen LogP contribution in [0, 0.1) is 5.92 Å². The van der Waals surface area contributed by atoms with Crippen LogP contribution in [0.2, 0.25) is 0 Å². The fourth-order valence-electron chi connectivity index (χ4n) is 5.71. The molecule has 3 fully saturated rings. The van der Waals surface area contributed by atoms with Crippen molar-refractivity contribution >= 4 is 11.8 Å². The first-order valence-corrected chi connectivity index (χ1v) is 11.4. The minimum Gasteiger partial charge on any atom is -0.394 e. The number of fused-ring (bicyclic) bond motifs is 1. The molecule has 2 saturated heterocycles. The Hall–Kier alpha value is -2.73. The van der Waals surface area contributed by atoms with E-state index in [1.807, 2.05) is 23.2 Å². The summed E-state index contributed by atoms with van der Waals surface area (Å²) in [6.45, 7) is 0.648. The Morgan fingerprint density at radius 2 is 1.84 bits per heavy atom. The van der Waals surface area contributed by atoms with E-state index in [0.29, 0.717) is 6.54 Å². The molecule has 2 amide bonds. The fourth-order valence-corrected chi connectivity index (χ4v) is 5.71. The van der Waals surface area contributed by atoms with Crippen LogP contribution in [0.25, 0.3) is 11.1 Å². The van der Waals surface area contributed by atoms with Crippen LogP contribution < -0.4 is 0 Å². The van der Waals surface area contributed by atoms with Crippen LogP contribution in [0.15, 0.2) is 48.8 Å². The number of amides is 2. The van der Waals surface area contributed by atoms with E-state index >= 15 is 0 Å². The Labute approximate surface area is 182 Å². The highest BCUT2D eigenvalue weighted by atomic mass is 16.3. The summed E-state index contributed by atoms with van der Waals surface area (Å²) in [4.78, 5) is 33.7. The summed E-state index contributed by atoms with van der Waals surface area (Å²) in [5.74, 6) is 0.214. The van der Waals surface area contributed by atoms with Gasteiger partial charge in [-0.25, -0.2) is 0 Å². The number of nitrogens with zero attached hydrogens (tertiary/aromatic N) is 3. The van der Waals surface area contributed by atoms with Gasteiger partial charge in [0.25, 0.3) is 0 Å². The van der Waals surface area contributed by atoms with Crippen molar-refractivity contribution in [3.8, 4) is 11.1 Å². The zero-order chi connectivity index (χ0) is 21.4. The average molecular weight is 420 g/mol. The summed E-state index contributed by atoms with van der Waals surface area (Å²) in [5.41, 5.74) is 3.25. The molecule has 162 valence electrons. The van der Waals surface area contributed by atoms with Crippen LogP contribution in [0.5, 0.6) is 0 Å². The van der Waals surface area contributed by atoms with Crippen LogP contribution in [-0.2, 0) is 9.59 Å². The molecule has 31 heavy (non-hydrogen) atoms. The summed E-state index contributed by atoms with van der Waals surface area (Å²) in [6.07, 6.45) is 8.89. The Balaban J connectivity index is 1.35. The summed E-state index contributed by atoms with van der Waals surface area (Å²) < 4.78 is 0. The molecule has 1 saturated carbocycles. The van der Waals surface area contributed by atoms with Crippen LogP contribution >= 0.6 is 0 Å². The van der Waals surface area contributed by atoms with Crippen molar-refractivity contribution in [1.82, 2.24) is 14.8 Å². The van der Waals surface area contributed by atoms with Crippen molar-refractivity contribution in [3.05, 3.63) is 54.4 Å². The molecule has 1 aliphatic carbocycles. The van der Waals surface area contributed by atoms with Gasteiger partial charge in [-0.05, 0) is 35.6 Å². The highest BCUT2D eigenvalue weighted by Gasteiger charge is 2.54. The second-order valence-electron chi connectivity index (χ2n) is 9.06. The quantitative estimate of drug-likeness (QED) is 0.827. The van der Waals surface area contributed by atoms with Crippen LogP contribution in [-0.4, -0.2) is 63.5 Å². The number of aliphatic hydroxyl groups excluding tert-OH is 1. The number of hydrogen-bond donors (Lipinski definition) is 1. The maximum Gasteiger partial charge on any atom is 0.242 e. The fraction of sp³-hybridized carbons (Fsp3) is 0.480. The van der Waals surface area contributed by atoms with E-state index in [1.165, 1.54) is 6.42 Å². The van der Waals surface area contributed by atoms with Gasteiger partial charge in [0.2, 0.25) is 11.8 Å². The molecule has 0 unspecified atom stereocenters. The normalized spacial score (nSPS) is 26.4.